The maximum absolute atomic E-state index is 12.2. The lowest BCUT2D eigenvalue weighted by atomic mass is 9.95. The average molecular weight is 288 g/mol. The Balaban J connectivity index is 1.94. The Kier molecular flexibility index (Phi) is 5.78. The summed E-state index contributed by atoms with van der Waals surface area (Å²) in [5.74, 6) is -0.0983. The Hall–Kier alpha value is -1.84. The molecule has 1 aliphatic carbocycles. The lowest BCUT2D eigenvalue weighted by molar-refractivity contribution is -0.123. The van der Waals surface area contributed by atoms with E-state index >= 15 is 0 Å². The van der Waals surface area contributed by atoms with Crippen LogP contribution in [0.5, 0.6) is 0 Å². The highest BCUT2D eigenvalue weighted by Crippen LogP contribution is 2.19. The lowest BCUT2D eigenvalue weighted by Crippen LogP contribution is -2.39. The highest BCUT2D eigenvalue weighted by atomic mass is 16.2. The first kappa shape index (κ1) is 15.5. The first-order valence-corrected chi connectivity index (χ1v) is 7.76. The molecule has 114 valence electrons. The van der Waals surface area contributed by atoms with E-state index < -0.39 is 0 Å². The third kappa shape index (κ3) is 5.21. The highest BCUT2D eigenvalue weighted by Gasteiger charge is 2.20. The van der Waals surface area contributed by atoms with Gasteiger partial charge in [-0.3, -0.25) is 9.59 Å². The Morgan fingerprint density at radius 3 is 2.43 bits per heavy atom. The maximum Gasteiger partial charge on any atom is 0.222 e. The molecule has 2 N–H and O–H groups in total. The quantitative estimate of drug-likeness (QED) is 0.875. The van der Waals surface area contributed by atoms with Crippen molar-refractivity contribution in [2.75, 3.05) is 0 Å². The number of nitrogens with one attached hydrogen (secondary N) is 2. The van der Waals surface area contributed by atoms with Crippen molar-refractivity contribution in [1.29, 1.82) is 0 Å². The fourth-order valence-electron chi connectivity index (χ4n) is 2.90. The van der Waals surface area contributed by atoms with Crippen LogP contribution in [0.1, 0.15) is 57.1 Å². The van der Waals surface area contributed by atoms with Crippen LogP contribution in [-0.4, -0.2) is 17.9 Å². The molecule has 0 spiro atoms. The van der Waals surface area contributed by atoms with E-state index in [1.54, 1.807) is 0 Å². The second-order valence-electron chi connectivity index (χ2n) is 5.77. The van der Waals surface area contributed by atoms with Gasteiger partial charge < -0.3 is 10.6 Å². The van der Waals surface area contributed by atoms with E-state index in [-0.39, 0.29) is 17.9 Å². The van der Waals surface area contributed by atoms with Gasteiger partial charge in [-0.2, -0.15) is 0 Å². The molecule has 1 fully saturated rings. The predicted octanol–water partition coefficient (Wildman–Crippen LogP) is 2.70. The topological polar surface area (TPSA) is 58.2 Å². The molecule has 4 nitrogen and oxygen atoms in total. The van der Waals surface area contributed by atoms with Crippen LogP contribution in [-0.2, 0) is 9.59 Å². The molecule has 1 atom stereocenters. The molecule has 0 bridgehead atoms. The van der Waals surface area contributed by atoms with Gasteiger partial charge in [0.25, 0.3) is 0 Å². The monoisotopic (exact) mass is 288 g/mol. The molecule has 1 aromatic rings. The summed E-state index contributed by atoms with van der Waals surface area (Å²) in [5.41, 5.74) is 0.964. The zero-order valence-electron chi connectivity index (χ0n) is 12.6. The van der Waals surface area contributed by atoms with Gasteiger partial charge in [0.2, 0.25) is 11.8 Å². The van der Waals surface area contributed by atoms with Crippen LogP contribution in [0.15, 0.2) is 30.3 Å². The van der Waals surface area contributed by atoms with Gasteiger partial charge in [0.15, 0.2) is 0 Å². The van der Waals surface area contributed by atoms with Crippen molar-refractivity contribution < 1.29 is 9.59 Å². The van der Waals surface area contributed by atoms with E-state index in [1.807, 2.05) is 30.3 Å². The van der Waals surface area contributed by atoms with Crippen molar-refractivity contribution in [3.8, 4) is 0 Å². The second kappa shape index (κ2) is 7.81. The molecule has 1 aliphatic rings. The Bertz CT molecular complexity index is 467. The third-order valence-corrected chi connectivity index (χ3v) is 3.94. The SMILES string of the molecule is CC(=O)N[C@@H](CC(=O)NC1CCCCC1)c1ccccc1. The number of carbonyl (C=O) groups is 2. The van der Waals surface area contributed by atoms with Crippen LogP contribution in [0.2, 0.25) is 0 Å². The van der Waals surface area contributed by atoms with Crippen molar-refractivity contribution in [3.05, 3.63) is 35.9 Å². The summed E-state index contributed by atoms with van der Waals surface area (Å²) >= 11 is 0. The molecule has 0 radical (unpaired) electrons. The largest absolute Gasteiger partial charge is 0.353 e. The van der Waals surface area contributed by atoms with Crippen molar-refractivity contribution in [2.24, 2.45) is 0 Å². The molecule has 2 amide bonds. The van der Waals surface area contributed by atoms with Crippen molar-refractivity contribution in [3.63, 3.8) is 0 Å². The number of amides is 2. The number of benzene rings is 1. The smallest absolute Gasteiger partial charge is 0.222 e. The van der Waals surface area contributed by atoms with Gasteiger partial charge in [-0.25, -0.2) is 0 Å². The van der Waals surface area contributed by atoms with E-state index in [0.717, 1.165) is 18.4 Å². The molecule has 0 saturated heterocycles. The van der Waals surface area contributed by atoms with Crippen LogP contribution < -0.4 is 10.6 Å². The third-order valence-electron chi connectivity index (χ3n) is 3.94. The molecule has 2 rings (SSSR count). The van der Waals surface area contributed by atoms with E-state index in [9.17, 15) is 9.59 Å². The molecule has 4 heteroatoms. The van der Waals surface area contributed by atoms with E-state index in [0.29, 0.717) is 12.5 Å². The lowest BCUT2D eigenvalue weighted by Gasteiger charge is -2.24. The number of carbonyl (C=O) groups excluding carboxylic acids is 2. The molecular weight excluding hydrogens is 264 g/mol. The van der Waals surface area contributed by atoms with Crippen molar-refractivity contribution >= 4 is 11.8 Å². The Morgan fingerprint density at radius 1 is 1.14 bits per heavy atom. The number of hydrogen-bond acceptors (Lipinski definition) is 2. The minimum atomic E-state index is -0.257. The van der Waals surface area contributed by atoms with Gasteiger partial charge in [-0.05, 0) is 18.4 Å². The summed E-state index contributed by atoms with van der Waals surface area (Å²) in [6, 6.07) is 9.69. The summed E-state index contributed by atoms with van der Waals surface area (Å²) in [4.78, 5) is 23.6. The Labute approximate surface area is 126 Å². The summed E-state index contributed by atoms with van der Waals surface area (Å²) in [6.07, 6.45) is 6.09. The minimum Gasteiger partial charge on any atom is -0.353 e. The molecule has 0 aliphatic heterocycles. The number of rotatable bonds is 5. The summed E-state index contributed by atoms with van der Waals surface area (Å²) in [6.45, 7) is 1.48. The van der Waals surface area contributed by atoms with Crippen molar-refractivity contribution in [1.82, 2.24) is 10.6 Å². The van der Waals surface area contributed by atoms with Gasteiger partial charge >= 0.3 is 0 Å². The average Bonchev–Trinajstić information content (AvgIpc) is 2.48. The maximum atomic E-state index is 12.2. The highest BCUT2D eigenvalue weighted by molar-refractivity contribution is 5.79. The van der Waals surface area contributed by atoms with Gasteiger partial charge in [-0.15, -0.1) is 0 Å². The molecular formula is C17H24N2O2. The fraction of sp³-hybridized carbons (Fsp3) is 0.529. The van der Waals surface area contributed by atoms with Gasteiger partial charge in [0.1, 0.15) is 0 Å². The summed E-state index contributed by atoms with van der Waals surface area (Å²) < 4.78 is 0. The molecule has 0 heterocycles. The van der Waals surface area contributed by atoms with Crippen LogP contribution in [0.25, 0.3) is 0 Å². The molecule has 21 heavy (non-hydrogen) atoms. The van der Waals surface area contributed by atoms with Crippen LogP contribution in [0.4, 0.5) is 0 Å². The summed E-state index contributed by atoms with van der Waals surface area (Å²) in [7, 11) is 0. The van der Waals surface area contributed by atoms with E-state index in [1.165, 1.54) is 26.2 Å². The minimum absolute atomic E-state index is 0.0181. The molecule has 0 aromatic heterocycles. The molecule has 1 aromatic carbocycles. The first-order valence-electron chi connectivity index (χ1n) is 7.76. The van der Waals surface area contributed by atoms with E-state index in [2.05, 4.69) is 10.6 Å². The second-order valence-corrected chi connectivity index (χ2v) is 5.77. The van der Waals surface area contributed by atoms with Crippen molar-refractivity contribution in [2.45, 2.75) is 57.5 Å². The van der Waals surface area contributed by atoms with Crippen LogP contribution in [0.3, 0.4) is 0 Å². The van der Waals surface area contributed by atoms with Gasteiger partial charge in [-0.1, -0.05) is 49.6 Å². The predicted molar refractivity (Wildman–Crippen MR) is 82.6 cm³/mol. The van der Waals surface area contributed by atoms with Crippen LogP contribution in [0, 0.1) is 0 Å². The molecule has 1 saturated carbocycles. The van der Waals surface area contributed by atoms with Gasteiger partial charge in [0, 0.05) is 13.0 Å². The Morgan fingerprint density at radius 2 is 1.81 bits per heavy atom. The normalized spacial score (nSPS) is 17.0. The molecule has 0 unspecified atom stereocenters. The van der Waals surface area contributed by atoms with Gasteiger partial charge in [0.05, 0.1) is 12.5 Å². The van der Waals surface area contributed by atoms with Crippen LogP contribution >= 0.6 is 0 Å². The zero-order valence-corrected chi connectivity index (χ0v) is 12.6. The van der Waals surface area contributed by atoms with E-state index in [4.69, 9.17) is 0 Å². The zero-order chi connectivity index (χ0) is 15.1. The summed E-state index contributed by atoms with van der Waals surface area (Å²) in [5, 5.41) is 5.97. The number of hydrogen-bond donors (Lipinski definition) is 2. The first-order chi connectivity index (χ1) is 10.1. The fourth-order valence-corrected chi connectivity index (χ4v) is 2.90. The standard InChI is InChI=1S/C17H24N2O2/c1-13(20)18-16(14-8-4-2-5-9-14)12-17(21)19-15-10-6-3-7-11-15/h2,4-5,8-9,15-16H,3,6-7,10-12H2,1H3,(H,18,20)(H,19,21)/t16-/m0/s1.